The first-order valence-electron chi connectivity index (χ1n) is 10.8. The maximum atomic E-state index is 12.5. The lowest BCUT2D eigenvalue weighted by molar-refractivity contribution is 0.215. The third kappa shape index (κ3) is 5.83. The molecule has 0 saturated carbocycles. The molecule has 0 bridgehead atoms. The van der Waals surface area contributed by atoms with E-state index >= 15 is 0 Å². The van der Waals surface area contributed by atoms with E-state index in [9.17, 15) is 4.79 Å². The highest BCUT2D eigenvalue weighted by atomic mass is 16.6. The second-order valence-electron chi connectivity index (χ2n) is 8.02. The number of piperidine rings is 1. The molecule has 9 heteroatoms. The molecule has 1 aliphatic rings. The molecule has 3 aromatic rings. The zero-order valence-electron chi connectivity index (χ0n) is 18.4. The maximum Gasteiger partial charge on any atom is 0.417 e. The number of carbonyl (C=O) groups excluding carboxylic acids is 1. The first kappa shape index (κ1) is 22.2. The third-order valence-electron chi connectivity index (χ3n) is 5.60. The minimum Gasteiger partial charge on any atom is -0.408 e. The number of rotatable bonds is 5. The van der Waals surface area contributed by atoms with Crippen LogP contribution in [0.3, 0.4) is 0 Å². The summed E-state index contributed by atoms with van der Waals surface area (Å²) in [6, 6.07) is 18.0. The number of hydrogen-bond acceptors (Lipinski definition) is 8. The normalized spacial score (nSPS) is 14.9. The van der Waals surface area contributed by atoms with Crippen LogP contribution in [0, 0.1) is 0 Å². The molecule has 170 valence electrons. The van der Waals surface area contributed by atoms with Crippen molar-refractivity contribution < 1.29 is 9.53 Å². The number of benzene rings is 2. The summed E-state index contributed by atoms with van der Waals surface area (Å²) in [5.41, 5.74) is 14.1. The van der Waals surface area contributed by atoms with Gasteiger partial charge in [-0.3, -0.25) is 5.32 Å². The highest BCUT2D eigenvalue weighted by Gasteiger charge is 2.18. The number of nitrogens with two attached hydrogens (primary N) is 2. The van der Waals surface area contributed by atoms with Crippen molar-refractivity contribution in [3.05, 3.63) is 66.2 Å². The van der Waals surface area contributed by atoms with Gasteiger partial charge in [-0.1, -0.05) is 24.3 Å². The Morgan fingerprint density at radius 2 is 1.70 bits per heavy atom. The molecule has 1 aliphatic heterocycles. The summed E-state index contributed by atoms with van der Waals surface area (Å²) in [6.45, 7) is 2.21. The van der Waals surface area contributed by atoms with Crippen LogP contribution in [0.1, 0.15) is 24.3 Å². The van der Waals surface area contributed by atoms with Gasteiger partial charge in [0.1, 0.15) is 17.2 Å². The third-order valence-corrected chi connectivity index (χ3v) is 5.60. The zero-order chi connectivity index (χ0) is 23.2. The lowest BCUT2D eigenvalue weighted by Gasteiger charge is -2.29. The van der Waals surface area contributed by atoms with Crippen molar-refractivity contribution in [2.45, 2.75) is 18.8 Å². The van der Waals surface area contributed by atoms with E-state index in [1.807, 2.05) is 12.1 Å². The Kier molecular flexibility index (Phi) is 6.80. The zero-order valence-corrected chi connectivity index (χ0v) is 18.4. The van der Waals surface area contributed by atoms with Gasteiger partial charge in [0.25, 0.3) is 0 Å². The van der Waals surface area contributed by atoms with E-state index in [2.05, 4.69) is 44.6 Å². The minimum atomic E-state index is -0.613. The number of amides is 1. The minimum absolute atomic E-state index is 0.165. The summed E-state index contributed by atoms with van der Waals surface area (Å²) >= 11 is 0. The summed E-state index contributed by atoms with van der Waals surface area (Å²) in [5, 5.41) is 11.0. The van der Waals surface area contributed by atoms with E-state index in [1.165, 1.54) is 5.56 Å². The number of aromatic nitrogens is 1. The Bertz CT molecular complexity index is 1140. The lowest BCUT2D eigenvalue weighted by Crippen LogP contribution is -2.29. The van der Waals surface area contributed by atoms with Gasteiger partial charge in [-0.15, -0.1) is 10.2 Å². The van der Waals surface area contributed by atoms with Crippen molar-refractivity contribution in [2.24, 2.45) is 10.2 Å². The fourth-order valence-electron chi connectivity index (χ4n) is 3.73. The molecular weight excluding hydrogens is 418 g/mol. The smallest absolute Gasteiger partial charge is 0.408 e. The highest BCUT2D eigenvalue weighted by Crippen LogP contribution is 2.31. The van der Waals surface area contributed by atoms with Crippen LogP contribution in [0.25, 0.3) is 0 Å². The molecule has 33 heavy (non-hydrogen) atoms. The number of likely N-dealkylation sites (tertiary alicyclic amines) is 1. The number of anilines is 3. The second kappa shape index (κ2) is 10.1. The molecule has 1 amide bonds. The van der Waals surface area contributed by atoms with Crippen LogP contribution in [-0.4, -0.2) is 36.1 Å². The standard InChI is InChI=1S/C24H27N7O2/c1-31-14-12-17(13-15-31)16-6-8-18(9-7-16)27-24(32)33-21-5-3-2-4-19(21)29-30-20-10-11-22(25)28-23(20)26/h2-11,17H,12-15H2,1H3,(H,27,32)(H4,25,26,28). The number of azo groups is 1. The monoisotopic (exact) mass is 445 g/mol. The van der Waals surface area contributed by atoms with Gasteiger partial charge in [-0.05, 0) is 80.9 Å². The fourth-order valence-corrected chi connectivity index (χ4v) is 3.73. The van der Waals surface area contributed by atoms with Gasteiger partial charge in [0, 0.05) is 5.69 Å². The molecule has 1 aromatic heterocycles. The topological polar surface area (TPSA) is 131 Å². The van der Waals surface area contributed by atoms with Crippen LogP contribution in [0.2, 0.25) is 0 Å². The number of ether oxygens (including phenoxy) is 1. The molecule has 4 rings (SSSR count). The van der Waals surface area contributed by atoms with Gasteiger partial charge in [-0.2, -0.15) is 0 Å². The summed E-state index contributed by atoms with van der Waals surface area (Å²) in [5.74, 6) is 1.29. The number of pyridine rings is 1. The molecule has 0 radical (unpaired) electrons. The summed E-state index contributed by atoms with van der Waals surface area (Å²) in [7, 11) is 2.15. The van der Waals surface area contributed by atoms with Crippen LogP contribution in [-0.2, 0) is 0 Å². The number of hydrogen-bond donors (Lipinski definition) is 3. The first-order chi connectivity index (χ1) is 16.0. The van der Waals surface area contributed by atoms with Crippen LogP contribution >= 0.6 is 0 Å². The van der Waals surface area contributed by atoms with E-state index in [0.29, 0.717) is 28.8 Å². The van der Waals surface area contributed by atoms with Crippen molar-refractivity contribution in [1.29, 1.82) is 0 Å². The Balaban J connectivity index is 1.39. The van der Waals surface area contributed by atoms with E-state index < -0.39 is 6.09 Å². The molecule has 0 aliphatic carbocycles. The quantitative estimate of drug-likeness (QED) is 0.469. The van der Waals surface area contributed by atoms with E-state index in [0.717, 1.165) is 25.9 Å². The Hall–Kier alpha value is -3.98. The first-order valence-corrected chi connectivity index (χ1v) is 10.8. The largest absolute Gasteiger partial charge is 0.417 e. The highest BCUT2D eigenvalue weighted by molar-refractivity contribution is 5.87. The van der Waals surface area contributed by atoms with Gasteiger partial charge in [0.15, 0.2) is 11.6 Å². The van der Waals surface area contributed by atoms with Crippen molar-refractivity contribution in [2.75, 3.05) is 36.9 Å². The van der Waals surface area contributed by atoms with Crippen LogP contribution < -0.4 is 21.5 Å². The fraction of sp³-hybridized carbons (Fsp3) is 0.250. The summed E-state index contributed by atoms with van der Waals surface area (Å²) < 4.78 is 5.47. The molecule has 1 saturated heterocycles. The predicted molar refractivity (Wildman–Crippen MR) is 129 cm³/mol. The van der Waals surface area contributed by atoms with Crippen LogP contribution in [0.4, 0.5) is 33.5 Å². The van der Waals surface area contributed by atoms with E-state index in [1.54, 1.807) is 36.4 Å². The molecule has 0 spiro atoms. The van der Waals surface area contributed by atoms with Crippen molar-refractivity contribution in [1.82, 2.24) is 9.88 Å². The molecule has 5 N–H and O–H groups in total. The SMILES string of the molecule is CN1CCC(c2ccc(NC(=O)Oc3ccccc3N=Nc3ccc(N)nc3N)cc2)CC1. The maximum absolute atomic E-state index is 12.5. The molecular formula is C24H27N7O2. The van der Waals surface area contributed by atoms with E-state index in [-0.39, 0.29) is 11.6 Å². The lowest BCUT2D eigenvalue weighted by atomic mass is 9.89. The van der Waals surface area contributed by atoms with Gasteiger partial charge in [0.05, 0.1) is 0 Å². The Morgan fingerprint density at radius 1 is 1.00 bits per heavy atom. The number of para-hydroxylation sites is 1. The van der Waals surface area contributed by atoms with Crippen LogP contribution in [0.5, 0.6) is 5.75 Å². The van der Waals surface area contributed by atoms with Crippen molar-refractivity contribution in [3.8, 4) is 5.75 Å². The average Bonchev–Trinajstić information content (AvgIpc) is 2.80. The number of nitrogens with zero attached hydrogens (tertiary/aromatic N) is 4. The molecule has 1 fully saturated rings. The van der Waals surface area contributed by atoms with Gasteiger partial charge >= 0.3 is 6.09 Å². The van der Waals surface area contributed by atoms with Gasteiger partial charge in [-0.25, -0.2) is 9.78 Å². The summed E-state index contributed by atoms with van der Waals surface area (Å²) in [4.78, 5) is 18.8. The Morgan fingerprint density at radius 3 is 2.42 bits per heavy atom. The molecule has 2 heterocycles. The molecule has 2 aromatic carbocycles. The molecule has 0 atom stereocenters. The molecule has 9 nitrogen and oxygen atoms in total. The molecule has 0 unspecified atom stereocenters. The Labute approximate surface area is 192 Å². The van der Waals surface area contributed by atoms with Crippen molar-refractivity contribution in [3.63, 3.8) is 0 Å². The average molecular weight is 446 g/mol. The van der Waals surface area contributed by atoms with Gasteiger partial charge < -0.3 is 21.1 Å². The van der Waals surface area contributed by atoms with Gasteiger partial charge in [0.2, 0.25) is 0 Å². The predicted octanol–water partition coefficient (Wildman–Crippen LogP) is 5.08. The van der Waals surface area contributed by atoms with Crippen molar-refractivity contribution >= 4 is 34.8 Å². The number of carbonyl (C=O) groups is 1. The van der Waals surface area contributed by atoms with Crippen LogP contribution in [0.15, 0.2) is 70.9 Å². The number of nitrogen functional groups attached to an aromatic ring is 2. The second-order valence-corrected chi connectivity index (χ2v) is 8.02. The van der Waals surface area contributed by atoms with E-state index in [4.69, 9.17) is 16.2 Å². The summed E-state index contributed by atoms with van der Waals surface area (Å²) in [6.07, 6.45) is 1.68. The number of nitrogens with one attached hydrogen (secondary N) is 1.